The van der Waals surface area contributed by atoms with Gasteiger partial charge in [0.2, 0.25) is 0 Å². The van der Waals surface area contributed by atoms with Crippen LogP contribution in [0.4, 0.5) is 0 Å². The van der Waals surface area contributed by atoms with E-state index in [2.05, 4.69) is 12.2 Å². The van der Waals surface area contributed by atoms with Crippen molar-refractivity contribution in [1.29, 1.82) is 0 Å². The fraction of sp³-hybridized carbons (Fsp3) is 0.538. The number of rotatable bonds is 8. The number of hydrogen-bond donors (Lipinski definition) is 1. The van der Waals surface area contributed by atoms with Gasteiger partial charge in [0.1, 0.15) is 0 Å². The first kappa shape index (κ1) is 16.3. The van der Waals surface area contributed by atoms with Crippen LogP contribution in [-0.2, 0) is 20.6 Å². The van der Waals surface area contributed by atoms with E-state index >= 15 is 0 Å². The van der Waals surface area contributed by atoms with Gasteiger partial charge in [-0.05, 0) is 50.2 Å². The van der Waals surface area contributed by atoms with Crippen LogP contribution in [0.2, 0.25) is 0 Å². The third-order valence-corrected chi connectivity index (χ3v) is 5.21. The van der Waals surface area contributed by atoms with Crippen LogP contribution in [-0.4, -0.2) is 37.7 Å². The van der Waals surface area contributed by atoms with Gasteiger partial charge >= 0.3 is 0 Å². The second-order valence-electron chi connectivity index (χ2n) is 4.40. The fourth-order valence-corrected chi connectivity index (χ4v) is 3.30. The Bertz CT molecular complexity index is 509. The number of sulfone groups is 1. The molecule has 1 atom stereocenters. The molecular weight excluding hydrogens is 282 g/mol. The Morgan fingerprint density at radius 2 is 1.79 bits per heavy atom. The predicted molar refractivity (Wildman–Crippen MR) is 78.6 cm³/mol. The minimum atomic E-state index is -3.18. The van der Waals surface area contributed by atoms with E-state index in [-0.39, 0.29) is 4.90 Å². The van der Waals surface area contributed by atoms with Gasteiger partial charge < -0.3 is 5.32 Å². The van der Waals surface area contributed by atoms with Gasteiger partial charge in [-0.25, -0.2) is 8.42 Å². The van der Waals surface area contributed by atoms with Gasteiger partial charge in [-0.2, -0.15) is 0 Å². The van der Waals surface area contributed by atoms with Crippen LogP contribution in [0.15, 0.2) is 34.1 Å². The highest BCUT2D eigenvalue weighted by Gasteiger charge is 2.08. The van der Waals surface area contributed by atoms with E-state index in [1.54, 1.807) is 12.1 Å². The zero-order chi connectivity index (χ0) is 14.3. The maximum atomic E-state index is 12.0. The minimum absolute atomic E-state index is 0.262. The number of benzene rings is 1. The summed E-state index contributed by atoms with van der Waals surface area (Å²) in [6, 6.07) is 6.29. The highest BCUT2D eigenvalue weighted by atomic mass is 32.2. The van der Waals surface area contributed by atoms with Crippen LogP contribution in [0.3, 0.4) is 0 Å². The van der Waals surface area contributed by atoms with Crippen molar-refractivity contribution in [1.82, 2.24) is 5.32 Å². The summed E-state index contributed by atoms with van der Waals surface area (Å²) in [6.07, 6.45) is 3.11. The van der Waals surface area contributed by atoms with E-state index in [1.807, 2.05) is 0 Å². The zero-order valence-corrected chi connectivity index (χ0v) is 13.0. The first-order valence-electron chi connectivity index (χ1n) is 6.34. The fourth-order valence-electron chi connectivity index (χ4n) is 1.59. The van der Waals surface area contributed by atoms with E-state index < -0.39 is 20.6 Å². The molecule has 6 heteroatoms. The molecule has 0 spiro atoms. The molecule has 1 aromatic carbocycles. The molecule has 1 aromatic rings. The van der Waals surface area contributed by atoms with Crippen LogP contribution in [0.25, 0.3) is 0 Å². The van der Waals surface area contributed by atoms with E-state index in [4.69, 9.17) is 0 Å². The Labute approximate surface area is 118 Å². The smallest absolute Gasteiger partial charge is 0.175 e. The quantitative estimate of drug-likeness (QED) is 0.741. The van der Waals surface area contributed by atoms with Crippen molar-refractivity contribution >= 4 is 20.6 Å². The molecule has 0 aliphatic carbocycles. The summed E-state index contributed by atoms with van der Waals surface area (Å²) >= 11 is 0. The van der Waals surface area contributed by atoms with Crippen molar-refractivity contribution in [3.05, 3.63) is 24.3 Å². The number of nitrogens with one attached hydrogen (secondary N) is 1. The largest absolute Gasteiger partial charge is 0.317 e. The second-order valence-corrected chi connectivity index (χ2v) is 7.98. The Morgan fingerprint density at radius 1 is 1.16 bits per heavy atom. The normalized spacial score (nSPS) is 13.4. The summed E-state index contributed by atoms with van der Waals surface area (Å²) in [7, 11) is -4.24. The lowest BCUT2D eigenvalue weighted by molar-refractivity contribution is 0.601. The Morgan fingerprint density at radius 3 is 2.32 bits per heavy atom. The molecule has 108 valence electrons. The van der Waals surface area contributed by atoms with Crippen molar-refractivity contribution in [2.24, 2.45) is 0 Å². The lowest BCUT2D eigenvalue weighted by atomic mass is 10.4. The Hall–Kier alpha value is -0.720. The molecular formula is C13H21NO3S2. The average molecular weight is 303 g/mol. The van der Waals surface area contributed by atoms with Gasteiger partial charge in [-0.15, -0.1) is 0 Å². The van der Waals surface area contributed by atoms with E-state index in [0.29, 0.717) is 10.6 Å². The summed E-state index contributed by atoms with van der Waals surface area (Å²) in [4.78, 5) is 0.945. The van der Waals surface area contributed by atoms with Crippen molar-refractivity contribution in [2.45, 2.75) is 29.6 Å². The predicted octanol–water partition coefficient (Wildman–Crippen LogP) is 1.59. The first-order valence-corrected chi connectivity index (χ1v) is 9.55. The summed E-state index contributed by atoms with van der Waals surface area (Å²) in [5.41, 5.74) is 0. The zero-order valence-electron chi connectivity index (χ0n) is 11.4. The minimum Gasteiger partial charge on any atom is -0.317 e. The lowest BCUT2D eigenvalue weighted by Gasteiger charge is -2.05. The van der Waals surface area contributed by atoms with Gasteiger partial charge in [0, 0.05) is 16.9 Å². The maximum Gasteiger partial charge on any atom is 0.175 e. The Balaban J connectivity index is 2.50. The molecule has 0 saturated heterocycles. The summed E-state index contributed by atoms with van der Waals surface area (Å²) in [6.45, 7) is 3.95. The summed E-state index contributed by atoms with van der Waals surface area (Å²) in [5.74, 6) is 0.592. The first-order chi connectivity index (χ1) is 8.95. The molecule has 19 heavy (non-hydrogen) atoms. The molecule has 1 N–H and O–H groups in total. The summed E-state index contributed by atoms with van der Waals surface area (Å²) in [5, 5.41) is 3.26. The molecule has 0 fully saturated rings. The van der Waals surface area contributed by atoms with Gasteiger partial charge in [0.25, 0.3) is 0 Å². The second kappa shape index (κ2) is 7.77. The third kappa shape index (κ3) is 5.84. The van der Waals surface area contributed by atoms with Crippen LogP contribution >= 0.6 is 0 Å². The van der Waals surface area contributed by atoms with E-state index in [0.717, 1.165) is 25.9 Å². The van der Waals surface area contributed by atoms with Gasteiger partial charge in [0.15, 0.2) is 9.84 Å². The summed E-state index contributed by atoms with van der Waals surface area (Å²) < 4.78 is 34.6. The molecule has 1 unspecified atom stereocenters. The third-order valence-electron chi connectivity index (χ3n) is 2.62. The standard InChI is InChI=1S/C13H21NO3S2/c1-3-9-14-10-4-11-18(15)12-5-7-13(8-6-12)19(2,16)17/h5-8,14H,3-4,9-11H2,1-2H3. The molecule has 1 rings (SSSR count). The molecule has 0 radical (unpaired) electrons. The van der Waals surface area contributed by atoms with Crippen molar-refractivity contribution in [2.75, 3.05) is 25.1 Å². The molecule has 4 nitrogen and oxygen atoms in total. The molecule has 0 heterocycles. The van der Waals surface area contributed by atoms with Crippen LogP contribution in [0.1, 0.15) is 19.8 Å². The monoisotopic (exact) mass is 303 g/mol. The molecule has 0 aromatic heterocycles. The van der Waals surface area contributed by atoms with Crippen molar-refractivity contribution in [3.8, 4) is 0 Å². The van der Waals surface area contributed by atoms with Crippen molar-refractivity contribution < 1.29 is 12.6 Å². The number of hydrogen-bond acceptors (Lipinski definition) is 4. The molecule has 0 aliphatic rings. The molecule has 0 aliphatic heterocycles. The molecule has 0 bridgehead atoms. The van der Waals surface area contributed by atoms with E-state index in [1.165, 1.54) is 18.4 Å². The average Bonchev–Trinajstić information content (AvgIpc) is 2.37. The van der Waals surface area contributed by atoms with Crippen LogP contribution in [0.5, 0.6) is 0 Å². The van der Waals surface area contributed by atoms with Crippen molar-refractivity contribution in [3.63, 3.8) is 0 Å². The maximum absolute atomic E-state index is 12.0. The topological polar surface area (TPSA) is 63.2 Å². The SMILES string of the molecule is CCCNCCCS(=O)c1ccc(S(C)(=O)=O)cc1. The van der Waals surface area contributed by atoms with Crippen LogP contribution in [0, 0.1) is 0 Å². The molecule has 0 amide bonds. The Kier molecular flexibility index (Phi) is 6.68. The lowest BCUT2D eigenvalue weighted by Crippen LogP contribution is -2.17. The van der Waals surface area contributed by atoms with Crippen LogP contribution < -0.4 is 5.32 Å². The van der Waals surface area contributed by atoms with Gasteiger partial charge in [-0.1, -0.05) is 6.92 Å². The highest BCUT2D eigenvalue weighted by molar-refractivity contribution is 7.90. The molecule has 0 saturated carbocycles. The van der Waals surface area contributed by atoms with Gasteiger partial charge in [-0.3, -0.25) is 4.21 Å². The highest BCUT2D eigenvalue weighted by Crippen LogP contribution is 2.13. The van der Waals surface area contributed by atoms with E-state index in [9.17, 15) is 12.6 Å². The van der Waals surface area contributed by atoms with Gasteiger partial charge in [0.05, 0.1) is 15.7 Å².